The highest BCUT2D eigenvalue weighted by Crippen LogP contribution is 1.93. The summed E-state index contributed by atoms with van der Waals surface area (Å²) in [5.74, 6) is 0. The van der Waals surface area contributed by atoms with Gasteiger partial charge in [0.2, 0.25) is 0 Å². The van der Waals surface area contributed by atoms with Crippen molar-refractivity contribution in [2.45, 2.75) is 33.7 Å². The van der Waals surface area contributed by atoms with E-state index < -0.39 is 0 Å². The zero-order valence-electron chi connectivity index (χ0n) is 8.40. The molecule has 0 saturated heterocycles. The lowest BCUT2D eigenvalue weighted by Crippen LogP contribution is -2.24. The fourth-order valence-corrected chi connectivity index (χ4v) is 0.748. The van der Waals surface area contributed by atoms with Crippen LogP contribution in [0, 0.1) is 0 Å². The van der Waals surface area contributed by atoms with Crippen LogP contribution in [0.4, 0.5) is 0 Å². The lowest BCUT2D eigenvalue weighted by Gasteiger charge is -2.00. The summed E-state index contributed by atoms with van der Waals surface area (Å²) in [6.07, 6.45) is 1.52. The summed E-state index contributed by atoms with van der Waals surface area (Å²) in [7, 11) is 1.69. The summed E-state index contributed by atoms with van der Waals surface area (Å²) in [6, 6.07) is 0.147. The summed E-state index contributed by atoms with van der Waals surface area (Å²) >= 11 is 0. The maximum Gasteiger partial charge on any atom is 0.345 e. The Balaban J connectivity index is 0.000000561. The van der Waals surface area contributed by atoms with Crippen molar-refractivity contribution >= 4 is 0 Å². The van der Waals surface area contributed by atoms with Gasteiger partial charge in [0, 0.05) is 7.05 Å². The summed E-state index contributed by atoms with van der Waals surface area (Å²) < 4.78 is 2.90. The molecule has 12 heavy (non-hydrogen) atoms. The second kappa shape index (κ2) is 4.74. The lowest BCUT2D eigenvalue weighted by molar-refractivity contribution is 0.508. The van der Waals surface area contributed by atoms with E-state index in [1.807, 2.05) is 27.7 Å². The quantitative estimate of drug-likeness (QED) is 0.636. The minimum Gasteiger partial charge on any atom is -0.285 e. The fraction of sp³-hybridized carbons (Fsp3) is 0.750. The Morgan fingerprint density at radius 3 is 2.08 bits per heavy atom. The predicted molar refractivity (Wildman–Crippen MR) is 49.2 cm³/mol. The molecule has 70 valence electrons. The molecular formula is C8H17N3O. The molecule has 0 fully saturated rings. The summed E-state index contributed by atoms with van der Waals surface area (Å²) in [5, 5.41) is 3.88. The van der Waals surface area contributed by atoms with Gasteiger partial charge >= 0.3 is 5.69 Å². The number of hydrogen-bond donors (Lipinski definition) is 0. The van der Waals surface area contributed by atoms with Crippen LogP contribution in [0.15, 0.2) is 11.1 Å². The molecule has 1 aromatic heterocycles. The highest BCUT2D eigenvalue weighted by molar-refractivity contribution is 4.67. The van der Waals surface area contributed by atoms with Gasteiger partial charge in [-0.15, -0.1) is 0 Å². The molecule has 0 aliphatic rings. The van der Waals surface area contributed by atoms with E-state index in [0.717, 1.165) is 0 Å². The number of hydrogen-bond acceptors (Lipinski definition) is 2. The first-order chi connectivity index (χ1) is 5.63. The second-order valence-corrected chi connectivity index (χ2v) is 2.56. The Labute approximate surface area is 72.8 Å². The molecule has 4 nitrogen and oxygen atoms in total. The average molecular weight is 171 g/mol. The average Bonchev–Trinajstić information content (AvgIpc) is 2.37. The third kappa shape index (κ3) is 2.22. The van der Waals surface area contributed by atoms with Crippen molar-refractivity contribution in [2.75, 3.05) is 0 Å². The largest absolute Gasteiger partial charge is 0.345 e. The van der Waals surface area contributed by atoms with Crippen molar-refractivity contribution < 1.29 is 0 Å². The summed E-state index contributed by atoms with van der Waals surface area (Å²) in [5.41, 5.74) is -0.0602. The van der Waals surface area contributed by atoms with Gasteiger partial charge in [0.15, 0.2) is 0 Å². The smallest absolute Gasteiger partial charge is 0.285 e. The van der Waals surface area contributed by atoms with Gasteiger partial charge in [0.25, 0.3) is 0 Å². The first-order valence-electron chi connectivity index (χ1n) is 4.23. The van der Waals surface area contributed by atoms with Crippen LogP contribution in [0.1, 0.15) is 33.7 Å². The molecule has 0 amide bonds. The van der Waals surface area contributed by atoms with Crippen LogP contribution >= 0.6 is 0 Å². The van der Waals surface area contributed by atoms with Gasteiger partial charge in [-0.3, -0.25) is 4.57 Å². The van der Waals surface area contributed by atoms with Gasteiger partial charge in [-0.05, 0) is 13.8 Å². The van der Waals surface area contributed by atoms with Crippen LogP contribution in [-0.4, -0.2) is 14.3 Å². The molecule has 0 atom stereocenters. The Kier molecular flexibility index (Phi) is 4.33. The van der Waals surface area contributed by atoms with E-state index in [2.05, 4.69) is 5.10 Å². The van der Waals surface area contributed by atoms with Crippen molar-refractivity contribution in [1.82, 2.24) is 14.3 Å². The third-order valence-corrected chi connectivity index (χ3v) is 1.34. The van der Waals surface area contributed by atoms with Gasteiger partial charge in [-0.25, -0.2) is 9.48 Å². The maximum absolute atomic E-state index is 11.1. The van der Waals surface area contributed by atoms with Crippen molar-refractivity contribution in [3.63, 3.8) is 0 Å². The van der Waals surface area contributed by atoms with Crippen molar-refractivity contribution in [2.24, 2.45) is 7.05 Å². The first-order valence-corrected chi connectivity index (χ1v) is 4.23. The molecule has 0 spiro atoms. The molecule has 4 heteroatoms. The Hall–Kier alpha value is -1.06. The molecule has 1 heterocycles. The highest BCUT2D eigenvalue weighted by Gasteiger charge is 2.03. The zero-order valence-corrected chi connectivity index (χ0v) is 8.40. The predicted octanol–water partition coefficient (Wildman–Crippen LogP) is 1.19. The zero-order chi connectivity index (χ0) is 9.72. The molecule has 0 unspecified atom stereocenters. The van der Waals surface area contributed by atoms with Gasteiger partial charge in [-0.1, -0.05) is 13.8 Å². The third-order valence-electron chi connectivity index (χ3n) is 1.34. The van der Waals surface area contributed by atoms with Crippen LogP contribution in [0.2, 0.25) is 0 Å². The normalized spacial score (nSPS) is 9.50. The van der Waals surface area contributed by atoms with E-state index in [1.54, 1.807) is 7.05 Å². The molecular weight excluding hydrogens is 154 g/mol. The number of aryl methyl sites for hydroxylation is 1. The highest BCUT2D eigenvalue weighted by atomic mass is 16.2. The van der Waals surface area contributed by atoms with Crippen LogP contribution in [0.5, 0.6) is 0 Å². The SMILES string of the molecule is CC.CC(C)n1ncn(C)c1=O. The van der Waals surface area contributed by atoms with Gasteiger partial charge in [-0.2, -0.15) is 5.10 Å². The number of rotatable bonds is 1. The van der Waals surface area contributed by atoms with Crippen molar-refractivity contribution in [3.8, 4) is 0 Å². The van der Waals surface area contributed by atoms with Crippen LogP contribution < -0.4 is 5.69 Å². The molecule has 0 N–H and O–H groups in total. The Morgan fingerprint density at radius 1 is 1.42 bits per heavy atom. The van der Waals surface area contributed by atoms with Gasteiger partial charge in [0.05, 0.1) is 6.04 Å². The monoisotopic (exact) mass is 171 g/mol. The molecule has 1 rings (SSSR count). The van der Waals surface area contributed by atoms with E-state index in [1.165, 1.54) is 15.6 Å². The minimum atomic E-state index is -0.0602. The molecule has 0 aliphatic carbocycles. The fourth-order valence-electron chi connectivity index (χ4n) is 0.748. The van der Waals surface area contributed by atoms with Gasteiger partial charge in [0.1, 0.15) is 6.33 Å². The molecule has 0 radical (unpaired) electrons. The molecule has 0 aliphatic heterocycles. The van der Waals surface area contributed by atoms with Crippen LogP contribution in [0.25, 0.3) is 0 Å². The Morgan fingerprint density at radius 2 is 1.92 bits per heavy atom. The minimum absolute atomic E-state index is 0.0602. The van der Waals surface area contributed by atoms with Crippen LogP contribution in [0.3, 0.4) is 0 Å². The van der Waals surface area contributed by atoms with Crippen molar-refractivity contribution in [1.29, 1.82) is 0 Å². The number of nitrogens with zero attached hydrogens (tertiary/aromatic N) is 3. The topological polar surface area (TPSA) is 39.8 Å². The standard InChI is InChI=1S/C6H11N3O.C2H6/c1-5(2)9-6(10)8(3)4-7-9;1-2/h4-5H,1-3H3;1-2H3. The second-order valence-electron chi connectivity index (χ2n) is 2.56. The first kappa shape index (κ1) is 10.9. The van der Waals surface area contributed by atoms with Crippen molar-refractivity contribution in [3.05, 3.63) is 16.8 Å². The summed E-state index contributed by atoms with van der Waals surface area (Å²) in [6.45, 7) is 7.85. The maximum atomic E-state index is 11.1. The Bertz CT molecular complexity index is 272. The lowest BCUT2D eigenvalue weighted by atomic mass is 10.4. The van der Waals surface area contributed by atoms with Gasteiger partial charge < -0.3 is 0 Å². The van der Waals surface area contributed by atoms with E-state index >= 15 is 0 Å². The molecule has 1 aromatic rings. The van der Waals surface area contributed by atoms with E-state index in [-0.39, 0.29) is 11.7 Å². The van der Waals surface area contributed by atoms with Crippen LogP contribution in [-0.2, 0) is 7.05 Å². The van der Waals surface area contributed by atoms with E-state index in [9.17, 15) is 4.79 Å². The summed E-state index contributed by atoms with van der Waals surface area (Å²) in [4.78, 5) is 11.1. The van der Waals surface area contributed by atoms with E-state index in [4.69, 9.17) is 0 Å². The number of aromatic nitrogens is 3. The van der Waals surface area contributed by atoms with E-state index in [0.29, 0.717) is 0 Å². The molecule has 0 saturated carbocycles. The molecule has 0 aromatic carbocycles. The molecule has 0 bridgehead atoms.